The first kappa shape index (κ1) is 22.4. The lowest BCUT2D eigenvalue weighted by Gasteiger charge is -2.08. The molecule has 0 aliphatic rings. The van der Waals surface area contributed by atoms with E-state index in [1.165, 1.54) is 22.0 Å². The van der Waals surface area contributed by atoms with Crippen LogP contribution in [0.25, 0.3) is 12.2 Å². The van der Waals surface area contributed by atoms with Gasteiger partial charge in [-0.2, -0.15) is 0 Å². The number of hydrogen-bond donors (Lipinski definition) is 1. The molecule has 3 aromatic rings. The van der Waals surface area contributed by atoms with Crippen LogP contribution in [0.4, 0.5) is 0 Å². The Bertz CT molecular complexity index is 1300. The zero-order chi connectivity index (χ0) is 22.5. The first-order valence-electron chi connectivity index (χ1n) is 10.1. The van der Waals surface area contributed by atoms with E-state index in [1.807, 2.05) is 76.2 Å². The number of rotatable bonds is 6. The Balaban J connectivity index is 2.16. The quantitative estimate of drug-likeness (QED) is 0.607. The van der Waals surface area contributed by atoms with Crippen molar-refractivity contribution in [1.82, 2.24) is 9.88 Å². The van der Waals surface area contributed by atoms with Crippen LogP contribution in [0.3, 0.4) is 0 Å². The van der Waals surface area contributed by atoms with Crippen molar-refractivity contribution in [1.29, 1.82) is 0 Å². The Labute approximate surface area is 185 Å². The van der Waals surface area contributed by atoms with E-state index in [9.17, 15) is 14.4 Å². The highest BCUT2D eigenvalue weighted by atomic mass is 32.1. The second kappa shape index (κ2) is 9.71. The number of thiazole rings is 1. The van der Waals surface area contributed by atoms with Crippen molar-refractivity contribution in [2.24, 2.45) is 0 Å². The predicted molar refractivity (Wildman–Crippen MR) is 126 cm³/mol. The third-order valence-electron chi connectivity index (χ3n) is 4.83. The number of aromatic nitrogens is 1. The molecule has 0 saturated carbocycles. The molecule has 0 atom stereocenters. The molecule has 0 aliphatic heterocycles. The highest BCUT2D eigenvalue weighted by Crippen LogP contribution is 2.09. The van der Waals surface area contributed by atoms with Gasteiger partial charge in [0.25, 0.3) is 5.56 Å². The van der Waals surface area contributed by atoms with E-state index in [0.717, 1.165) is 16.7 Å². The summed E-state index contributed by atoms with van der Waals surface area (Å²) in [6, 6.07) is 15.0. The van der Waals surface area contributed by atoms with Gasteiger partial charge in [-0.3, -0.25) is 19.0 Å². The number of hydrogen-bond acceptors (Lipinski definition) is 4. The molecule has 0 bridgehead atoms. The summed E-state index contributed by atoms with van der Waals surface area (Å²) in [5, 5.41) is 2.80. The summed E-state index contributed by atoms with van der Waals surface area (Å²) in [4.78, 5) is 38.4. The van der Waals surface area contributed by atoms with Crippen LogP contribution in [-0.2, 0) is 11.3 Å². The van der Waals surface area contributed by atoms with Crippen molar-refractivity contribution in [2.75, 3.05) is 0 Å². The molecule has 6 heteroatoms. The Morgan fingerprint density at radius 3 is 2.32 bits per heavy atom. The molecule has 0 fully saturated rings. The fraction of sp³-hybridized carbons (Fsp3) is 0.240. The van der Waals surface area contributed by atoms with Gasteiger partial charge in [-0.25, -0.2) is 0 Å². The zero-order valence-electron chi connectivity index (χ0n) is 18.1. The molecule has 1 N–H and O–H groups in total. The maximum atomic E-state index is 13.1. The summed E-state index contributed by atoms with van der Waals surface area (Å²) >= 11 is 1.22. The Morgan fingerprint density at radius 1 is 1.03 bits per heavy atom. The van der Waals surface area contributed by atoms with E-state index in [1.54, 1.807) is 6.07 Å². The number of ketones is 1. The van der Waals surface area contributed by atoms with Crippen LogP contribution in [0.5, 0.6) is 0 Å². The van der Waals surface area contributed by atoms with Gasteiger partial charge in [0.2, 0.25) is 5.91 Å². The van der Waals surface area contributed by atoms with Crippen molar-refractivity contribution >= 4 is 35.2 Å². The largest absolute Gasteiger partial charge is 0.352 e. The number of nitrogens with one attached hydrogen (secondary N) is 1. The van der Waals surface area contributed by atoms with Crippen molar-refractivity contribution < 1.29 is 9.59 Å². The molecule has 160 valence electrons. The third kappa shape index (κ3) is 5.47. The molecule has 1 heterocycles. The van der Waals surface area contributed by atoms with Crippen LogP contribution >= 0.6 is 11.3 Å². The molecule has 3 rings (SSSR count). The lowest BCUT2D eigenvalue weighted by Crippen LogP contribution is -2.40. The summed E-state index contributed by atoms with van der Waals surface area (Å²) < 4.78 is 2.32. The molecular formula is C25H26N2O3S. The number of benzene rings is 2. The summed E-state index contributed by atoms with van der Waals surface area (Å²) in [6.07, 6.45) is 3.26. The molecule has 0 radical (unpaired) electrons. The highest BCUT2D eigenvalue weighted by Gasteiger charge is 2.13. The number of amides is 1. The van der Waals surface area contributed by atoms with E-state index >= 15 is 0 Å². The van der Waals surface area contributed by atoms with E-state index in [2.05, 4.69) is 5.32 Å². The van der Waals surface area contributed by atoms with Crippen LogP contribution in [0.15, 0.2) is 53.3 Å². The second-order valence-corrected chi connectivity index (χ2v) is 8.80. The molecule has 31 heavy (non-hydrogen) atoms. The molecule has 0 unspecified atom stereocenters. The van der Waals surface area contributed by atoms with Gasteiger partial charge in [0.05, 0.1) is 4.53 Å². The minimum Gasteiger partial charge on any atom is -0.352 e. The Morgan fingerprint density at radius 2 is 1.68 bits per heavy atom. The average Bonchev–Trinajstić information content (AvgIpc) is 2.98. The number of nitrogens with zero attached hydrogens (tertiary/aromatic N) is 1. The minimum absolute atomic E-state index is 0.0409. The van der Waals surface area contributed by atoms with Crippen LogP contribution in [0.2, 0.25) is 0 Å². The first-order valence-corrected chi connectivity index (χ1v) is 11.0. The zero-order valence-corrected chi connectivity index (χ0v) is 19.0. The monoisotopic (exact) mass is 434 g/mol. The fourth-order valence-corrected chi connectivity index (χ4v) is 4.27. The van der Waals surface area contributed by atoms with Gasteiger partial charge in [0, 0.05) is 17.7 Å². The molecule has 0 spiro atoms. The van der Waals surface area contributed by atoms with Crippen molar-refractivity contribution in [2.45, 2.75) is 40.3 Å². The van der Waals surface area contributed by atoms with E-state index < -0.39 is 0 Å². The van der Waals surface area contributed by atoms with Crippen molar-refractivity contribution in [3.8, 4) is 0 Å². The van der Waals surface area contributed by atoms with Crippen LogP contribution in [0.1, 0.15) is 40.9 Å². The van der Waals surface area contributed by atoms with E-state index in [0.29, 0.717) is 14.8 Å². The van der Waals surface area contributed by atoms with Gasteiger partial charge < -0.3 is 5.32 Å². The van der Waals surface area contributed by atoms with Gasteiger partial charge >= 0.3 is 0 Å². The lowest BCUT2D eigenvalue weighted by molar-refractivity contribution is -0.122. The van der Waals surface area contributed by atoms with Crippen LogP contribution in [-0.4, -0.2) is 22.3 Å². The third-order valence-corrected chi connectivity index (χ3v) is 5.89. The average molecular weight is 435 g/mol. The number of carbonyl (C=O) groups excluding carboxylic acids is 2. The summed E-state index contributed by atoms with van der Waals surface area (Å²) in [5.74, 6) is -0.463. The standard InChI is InChI=1S/C25H26N2O3S/c1-16(2)26-23(29)15-27-24(14-21(28)20-12-8-6-10-18(20)4)31-22(25(27)30)13-19-11-7-5-9-17(19)3/h5-14,16H,15H2,1-4H3,(H,26,29)/b22-13-,24-14-. The maximum absolute atomic E-state index is 13.1. The molecule has 0 aliphatic carbocycles. The normalized spacial score (nSPS) is 12.4. The summed E-state index contributed by atoms with van der Waals surface area (Å²) in [5.41, 5.74) is 3.12. The summed E-state index contributed by atoms with van der Waals surface area (Å²) in [7, 11) is 0. The molecular weight excluding hydrogens is 408 g/mol. The lowest BCUT2D eigenvalue weighted by atomic mass is 10.1. The number of Topliss-reactive ketones (excluding diaryl/α,β-unsaturated/α-hetero) is 1. The molecule has 1 aromatic heterocycles. The highest BCUT2D eigenvalue weighted by molar-refractivity contribution is 7.07. The van der Waals surface area contributed by atoms with Gasteiger partial charge in [0.15, 0.2) is 5.78 Å². The van der Waals surface area contributed by atoms with Crippen LogP contribution in [0, 0.1) is 13.8 Å². The Kier molecular flexibility index (Phi) is 7.02. The van der Waals surface area contributed by atoms with Crippen molar-refractivity contribution in [3.05, 3.63) is 90.3 Å². The topological polar surface area (TPSA) is 68.2 Å². The van der Waals surface area contributed by atoms with E-state index in [-0.39, 0.29) is 29.8 Å². The SMILES string of the molecule is Cc1ccccc1/C=c1\s/c(=C\C(=O)c2ccccc2C)n(CC(=O)NC(C)C)c1=O. The van der Waals surface area contributed by atoms with Gasteiger partial charge in [-0.15, -0.1) is 11.3 Å². The van der Waals surface area contributed by atoms with Gasteiger partial charge in [0.1, 0.15) is 11.2 Å². The minimum atomic E-state index is -0.281. The van der Waals surface area contributed by atoms with Gasteiger partial charge in [-0.1, -0.05) is 48.5 Å². The molecule has 0 saturated heterocycles. The first-order chi connectivity index (χ1) is 14.8. The second-order valence-electron chi connectivity index (χ2n) is 7.74. The number of carbonyl (C=O) groups is 2. The molecule has 5 nitrogen and oxygen atoms in total. The molecule has 2 aromatic carbocycles. The van der Waals surface area contributed by atoms with E-state index in [4.69, 9.17) is 0 Å². The predicted octanol–water partition coefficient (Wildman–Crippen LogP) is 2.54. The maximum Gasteiger partial charge on any atom is 0.269 e. The summed E-state index contributed by atoms with van der Waals surface area (Å²) in [6.45, 7) is 7.43. The Hall–Kier alpha value is -3.25. The van der Waals surface area contributed by atoms with Gasteiger partial charge in [-0.05, 0) is 50.5 Å². The van der Waals surface area contributed by atoms with Crippen molar-refractivity contribution in [3.63, 3.8) is 0 Å². The number of aryl methyl sites for hydroxylation is 2. The van der Waals surface area contributed by atoms with Crippen LogP contribution < -0.4 is 20.1 Å². The fourth-order valence-electron chi connectivity index (χ4n) is 3.23. The molecule has 1 amide bonds. The smallest absolute Gasteiger partial charge is 0.269 e.